The zero-order chi connectivity index (χ0) is 47.0. The van der Waals surface area contributed by atoms with E-state index in [1.165, 1.54) is 30.3 Å². The molecule has 340 valence electrons. The summed E-state index contributed by atoms with van der Waals surface area (Å²) in [6.45, 7) is 1.48. The summed E-state index contributed by atoms with van der Waals surface area (Å²) < 4.78 is 99.6. The van der Waals surface area contributed by atoms with Gasteiger partial charge in [0.2, 0.25) is 11.8 Å². The fourth-order valence-corrected chi connectivity index (χ4v) is 6.92. The number of carboxylic acid groups (broad SMARTS) is 2. The van der Waals surface area contributed by atoms with E-state index < -0.39 is 35.4 Å². The Kier molecular flexibility index (Phi) is 14.4. The maximum atomic E-state index is 13.9. The number of halogens is 7. The van der Waals surface area contributed by atoms with Crippen LogP contribution in [0.25, 0.3) is 56.2 Å². The Balaban J connectivity index is 0.000000196. The Morgan fingerprint density at radius 2 is 1.09 bits per heavy atom. The molecular weight excluding hydrogens is 894 g/mol. The van der Waals surface area contributed by atoms with Crippen molar-refractivity contribution < 1.29 is 59.7 Å². The lowest BCUT2D eigenvalue weighted by Crippen LogP contribution is -2.17. The highest BCUT2D eigenvalue weighted by Crippen LogP contribution is 2.43. The number of aromatic nitrogens is 2. The highest BCUT2D eigenvalue weighted by atomic mass is 35.5. The van der Waals surface area contributed by atoms with Crippen LogP contribution in [0, 0.1) is 0 Å². The van der Waals surface area contributed by atoms with Gasteiger partial charge in [-0.1, -0.05) is 66.2 Å². The van der Waals surface area contributed by atoms with Crippen LogP contribution in [0.2, 0.25) is 5.02 Å². The van der Waals surface area contributed by atoms with Gasteiger partial charge >= 0.3 is 24.3 Å². The number of nitrogens with zero attached hydrogens (tertiary/aromatic N) is 2. The van der Waals surface area contributed by atoms with Gasteiger partial charge in [-0.15, -0.1) is 0 Å². The molecule has 0 atom stereocenters. The van der Waals surface area contributed by atoms with Crippen molar-refractivity contribution in [1.29, 1.82) is 0 Å². The molecule has 0 amide bonds. The minimum atomic E-state index is -4.64. The third-order valence-corrected chi connectivity index (χ3v) is 10.2. The summed E-state index contributed by atoms with van der Waals surface area (Å²) in [6, 6.07) is 32.6. The summed E-state index contributed by atoms with van der Waals surface area (Å²) in [5, 5.41) is 23.6. The summed E-state index contributed by atoms with van der Waals surface area (Å²) in [5.41, 5.74) is 2.38. The lowest BCUT2D eigenvalue weighted by Gasteiger charge is -2.15. The number of benzene rings is 6. The molecule has 4 N–H and O–H groups in total. The molecule has 18 heteroatoms. The molecule has 2 heterocycles. The van der Waals surface area contributed by atoms with Crippen LogP contribution in [0.15, 0.2) is 136 Å². The Morgan fingerprint density at radius 1 is 0.591 bits per heavy atom. The number of ether oxygens (including phenoxy) is 1. The first-order valence-corrected chi connectivity index (χ1v) is 20.4. The molecule has 0 radical (unpaired) electrons. The van der Waals surface area contributed by atoms with Crippen LogP contribution in [0.1, 0.15) is 35.1 Å². The van der Waals surface area contributed by atoms with Gasteiger partial charge in [-0.2, -0.15) is 26.3 Å². The molecule has 0 spiro atoms. The first-order valence-electron chi connectivity index (χ1n) is 20.1. The third-order valence-electron chi connectivity index (χ3n) is 9.83. The number of carbonyl (C=O) groups is 2. The van der Waals surface area contributed by atoms with Gasteiger partial charge in [-0.3, -0.25) is 9.59 Å². The fraction of sp³-hybridized carbons (Fsp3) is 0.167. The van der Waals surface area contributed by atoms with Crippen molar-refractivity contribution in [3.05, 3.63) is 155 Å². The standard InChI is InChI=1S/C24H18ClF3N2O3.C24H19F3N2O4/c25-19-4-2-1-3-17(19)16-7-6-15(12-18(16)24(26,27)28)23-30-20-11-14(5-8-21(20)33-23)13-29-10-9-22(31)32;25-24(26,27)18-13-16(7-9-20(18)32-17-4-2-1-3-5-17)23-29-19-12-15(6-8-21(19)33-23)14-28-11-10-22(30)31/h1-8,11-12,29H,9-10,13H2,(H,31,32);1-9,12-13,28H,10-11,14H2,(H,30,31). The Labute approximate surface area is 376 Å². The van der Waals surface area contributed by atoms with E-state index in [2.05, 4.69) is 20.6 Å². The van der Waals surface area contributed by atoms with Crippen LogP contribution in [-0.4, -0.2) is 45.2 Å². The number of aliphatic carboxylic acids is 2. The summed E-state index contributed by atoms with van der Waals surface area (Å²) in [5.74, 6) is -1.68. The second-order valence-electron chi connectivity index (χ2n) is 14.6. The van der Waals surface area contributed by atoms with Crippen molar-refractivity contribution in [2.75, 3.05) is 13.1 Å². The summed E-state index contributed by atoms with van der Waals surface area (Å²) in [6.07, 6.45) is -9.24. The molecule has 11 nitrogen and oxygen atoms in total. The first-order chi connectivity index (χ1) is 31.5. The van der Waals surface area contributed by atoms with Crippen LogP contribution in [-0.2, 0) is 35.0 Å². The average Bonchev–Trinajstić information content (AvgIpc) is 3.91. The van der Waals surface area contributed by atoms with Gasteiger partial charge in [-0.25, -0.2) is 9.97 Å². The number of alkyl halides is 6. The number of oxazole rings is 2. The molecule has 0 aliphatic heterocycles. The van der Waals surface area contributed by atoms with Gasteiger partial charge in [-0.05, 0) is 89.5 Å². The van der Waals surface area contributed by atoms with Crippen LogP contribution >= 0.6 is 11.6 Å². The van der Waals surface area contributed by atoms with Crippen molar-refractivity contribution in [3.8, 4) is 45.5 Å². The number of carboxylic acids is 2. The molecule has 2 aromatic heterocycles. The van der Waals surface area contributed by atoms with E-state index in [4.69, 9.17) is 35.4 Å². The van der Waals surface area contributed by atoms with Gasteiger partial charge in [0, 0.05) is 47.9 Å². The summed E-state index contributed by atoms with van der Waals surface area (Å²) in [7, 11) is 0. The minimum Gasteiger partial charge on any atom is -0.481 e. The number of rotatable bonds is 15. The van der Waals surface area contributed by atoms with Crippen molar-refractivity contribution in [1.82, 2.24) is 20.6 Å². The topological polar surface area (TPSA) is 160 Å². The monoisotopic (exact) mass is 930 g/mol. The van der Waals surface area contributed by atoms with Gasteiger partial charge in [0.1, 0.15) is 22.5 Å². The predicted octanol–water partition coefficient (Wildman–Crippen LogP) is 12.3. The number of para-hydroxylation sites is 1. The molecular formula is C48H37ClF6N4O7. The van der Waals surface area contributed by atoms with Gasteiger partial charge in [0.15, 0.2) is 11.2 Å². The molecule has 6 aromatic carbocycles. The van der Waals surface area contributed by atoms with E-state index in [-0.39, 0.29) is 57.6 Å². The van der Waals surface area contributed by atoms with E-state index in [0.717, 1.165) is 23.3 Å². The molecule has 0 bridgehead atoms. The normalized spacial score (nSPS) is 11.7. The van der Waals surface area contributed by atoms with E-state index in [1.807, 2.05) is 0 Å². The second-order valence-corrected chi connectivity index (χ2v) is 15.1. The van der Waals surface area contributed by atoms with Gasteiger partial charge in [0.25, 0.3) is 0 Å². The highest BCUT2D eigenvalue weighted by molar-refractivity contribution is 6.33. The van der Waals surface area contributed by atoms with Crippen LogP contribution in [0.5, 0.6) is 11.5 Å². The van der Waals surface area contributed by atoms with Crippen LogP contribution in [0.4, 0.5) is 26.3 Å². The molecule has 8 aromatic rings. The van der Waals surface area contributed by atoms with Gasteiger partial charge < -0.3 is 34.4 Å². The third kappa shape index (κ3) is 11.9. The minimum absolute atomic E-state index is 0.00186. The van der Waals surface area contributed by atoms with Crippen molar-refractivity contribution >= 4 is 45.7 Å². The van der Waals surface area contributed by atoms with Crippen LogP contribution < -0.4 is 15.4 Å². The van der Waals surface area contributed by atoms with E-state index >= 15 is 0 Å². The zero-order valence-corrected chi connectivity index (χ0v) is 35.1. The highest BCUT2D eigenvalue weighted by Gasteiger charge is 2.36. The maximum Gasteiger partial charge on any atom is 0.420 e. The lowest BCUT2D eigenvalue weighted by molar-refractivity contribution is -0.139. The van der Waals surface area contributed by atoms with Crippen molar-refractivity contribution in [2.45, 2.75) is 38.3 Å². The Morgan fingerprint density at radius 3 is 1.61 bits per heavy atom. The van der Waals surface area contributed by atoms with E-state index in [1.54, 1.807) is 84.9 Å². The Hall–Kier alpha value is -7.21. The Bertz CT molecular complexity index is 2990. The SMILES string of the molecule is O=C(O)CCNCc1ccc2oc(-c3ccc(-c4ccccc4Cl)c(C(F)(F)F)c3)nc2c1.O=C(O)CCNCc1ccc2oc(-c3ccc(Oc4ccccc4)c(C(F)(F)F)c3)nc2c1. The smallest absolute Gasteiger partial charge is 0.420 e. The largest absolute Gasteiger partial charge is 0.481 e. The molecule has 8 rings (SSSR count). The quantitative estimate of drug-likeness (QED) is 0.0572. The maximum absolute atomic E-state index is 13.9. The molecule has 0 saturated heterocycles. The number of hydrogen-bond donors (Lipinski definition) is 4. The lowest BCUT2D eigenvalue weighted by atomic mass is 9.97. The van der Waals surface area contributed by atoms with Crippen molar-refractivity contribution in [3.63, 3.8) is 0 Å². The number of fused-ring (bicyclic) bond motifs is 2. The van der Waals surface area contributed by atoms with Crippen LogP contribution in [0.3, 0.4) is 0 Å². The van der Waals surface area contributed by atoms with E-state index in [0.29, 0.717) is 54.1 Å². The zero-order valence-electron chi connectivity index (χ0n) is 34.3. The fourth-order valence-electron chi connectivity index (χ4n) is 6.68. The average molecular weight is 931 g/mol. The van der Waals surface area contributed by atoms with Crippen molar-refractivity contribution in [2.24, 2.45) is 0 Å². The van der Waals surface area contributed by atoms with E-state index in [9.17, 15) is 35.9 Å². The molecule has 0 unspecified atom stereocenters. The molecule has 0 saturated carbocycles. The van der Waals surface area contributed by atoms with Gasteiger partial charge in [0.05, 0.1) is 24.0 Å². The number of hydrogen-bond acceptors (Lipinski definition) is 9. The molecule has 66 heavy (non-hydrogen) atoms. The summed E-state index contributed by atoms with van der Waals surface area (Å²) >= 11 is 6.13. The molecule has 0 aliphatic carbocycles. The number of nitrogens with one attached hydrogen (secondary N) is 2. The first kappa shape index (κ1) is 46.8. The molecule has 0 aliphatic rings. The second kappa shape index (κ2) is 20.3. The molecule has 0 fully saturated rings. The summed E-state index contributed by atoms with van der Waals surface area (Å²) in [4.78, 5) is 29.9. The predicted molar refractivity (Wildman–Crippen MR) is 234 cm³/mol.